The molecule has 2 rings (SSSR count). The predicted octanol–water partition coefficient (Wildman–Crippen LogP) is 2.61. The van der Waals surface area contributed by atoms with E-state index in [2.05, 4.69) is 11.4 Å². The van der Waals surface area contributed by atoms with Gasteiger partial charge in [0.25, 0.3) is 0 Å². The van der Waals surface area contributed by atoms with Crippen molar-refractivity contribution >= 4 is 23.4 Å². The van der Waals surface area contributed by atoms with Gasteiger partial charge in [-0.2, -0.15) is 5.26 Å². The molecule has 2 aromatic carbocycles. The van der Waals surface area contributed by atoms with E-state index in [1.54, 1.807) is 17.8 Å². The van der Waals surface area contributed by atoms with E-state index in [0.717, 1.165) is 15.5 Å². The maximum atomic E-state index is 11.2. The highest BCUT2D eigenvalue weighted by atomic mass is 32.2. The van der Waals surface area contributed by atoms with Crippen molar-refractivity contribution in [2.45, 2.75) is 9.79 Å². The summed E-state index contributed by atoms with van der Waals surface area (Å²) in [6.45, 7) is -0.0303. The lowest BCUT2D eigenvalue weighted by molar-refractivity contribution is -0.114. The van der Waals surface area contributed by atoms with E-state index in [1.807, 2.05) is 42.5 Å². The van der Waals surface area contributed by atoms with Crippen molar-refractivity contribution in [1.82, 2.24) is 0 Å². The van der Waals surface area contributed by atoms with E-state index >= 15 is 0 Å². The molecule has 0 aliphatic rings. The Morgan fingerprint density at radius 2 is 1.95 bits per heavy atom. The van der Waals surface area contributed by atoms with Crippen LogP contribution in [0.3, 0.4) is 0 Å². The summed E-state index contributed by atoms with van der Waals surface area (Å²) in [5.74, 6) is -0.216. The van der Waals surface area contributed by atoms with Crippen molar-refractivity contribution in [2.24, 2.45) is 5.73 Å². The molecule has 2 aromatic rings. The molecule has 3 N–H and O–H groups in total. The quantitative estimate of drug-likeness (QED) is 0.904. The minimum atomic E-state index is -0.216. The van der Waals surface area contributed by atoms with Crippen molar-refractivity contribution in [1.29, 1.82) is 5.26 Å². The van der Waals surface area contributed by atoms with Gasteiger partial charge in [0, 0.05) is 15.5 Å². The van der Waals surface area contributed by atoms with Crippen LogP contribution in [0.4, 0.5) is 5.69 Å². The lowest BCUT2D eigenvalue weighted by Gasteiger charge is -2.05. The molecule has 0 bridgehead atoms. The second kappa shape index (κ2) is 6.75. The fourth-order valence-corrected chi connectivity index (χ4v) is 2.46. The maximum absolute atomic E-state index is 11.2. The molecule has 0 saturated carbocycles. The number of carbonyl (C=O) groups is 1. The third-order valence-corrected chi connectivity index (χ3v) is 3.52. The van der Waals surface area contributed by atoms with Crippen LogP contribution in [0.15, 0.2) is 58.3 Å². The Bertz CT molecular complexity index is 647. The molecule has 0 aliphatic heterocycles. The summed E-state index contributed by atoms with van der Waals surface area (Å²) in [5.41, 5.74) is 6.60. The minimum Gasteiger partial charge on any atom is -0.325 e. The first-order chi connectivity index (χ1) is 9.71. The number of rotatable bonds is 4. The summed E-state index contributed by atoms with van der Waals surface area (Å²) >= 11 is 1.56. The minimum absolute atomic E-state index is 0.0303. The van der Waals surface area contributed by atoms with Gasteiger partial charge in [-0.1, -0.05) is 17.8 Å². The lowest BCUT2D eigenvalue weighted by Crippen LogP contribution is -2.21. The molecule has 5 heteroatoms. The van der Waals surface area contributed by atoms with E-state index in [9.17, 15) is 4.79 Å². The van der Waals surface area contributed by atoms with Crippen LogP contribution in [-0.4, -0.2) is 12.5 Å². The van der Waals surface area contributed by atoms with Crippen LogP contribution in [-0.2, 0) is 4.79 Å². The van der Waals surface area contributed by atoms with Crippen LogP contribution < -0.4 is 11.1 Å². The van der Waals surface area contributed by atoms with Gasteiger partial charge in [0.15, 0.2) is 0 Å². The fourth-order valence-electron chi connectivity index (χ4n) is 1.58. The second-order valence-corrected chi connectivity index (χ2v) is 5.17. The van der Waals surface area contributed by atoms with Crippen molar-refractivity contribution < 1.29 is 4.79 Å². The molecule has 4 nitrogen and oxygen atoms in total. The third-order valence-electron chi connectivity index (χ3n) is 2.52. The van der Waals surface area contributed by atoms with Gasteiger partial charge in [0.2, 0.25) is 5.91 Å². The van der Waals surface area contributed by atoms with Crippen LogP contribution >= 0.6 is 11.8 Å². The Morgan fingerprint density at radius 3 is 2.60 bits per heavy atom. The standard InChI is InChI=1S/C15H13N3OS/c16-9-11-2-1-3-14(8-11)20-13-6-4-12(5-7-13)18-15(19)10-17/h1-8H,10,17H2,(H,18,19). The smallest absolute Gasteiger partial charge is 0.238 e. The number of nitrogens with one attached hydrogen (secondary N) is 1. The number of anilines is 1. The second-order valence-electron chi connectivity index (χ2n) is 4.02. The van der Waals surface area contributed by atoms with Crippen LogP contribution in [0.1, 0.15) is 5.56 Å². The van der Waals surface area contributed by atoms with E-state index in [4.69, 9.17) is 11.0 Å². The molecule has 0 aliphatic carbocycles. The molecular weight excluding hydrogens is 270 g/mol. The van der Waals surface area contributed by atoms with Crippen molar-refractivity contribution in [2.75, 3.05) is 11.9 Å². The van der Waals surface area contributed by atoms with E-state index in [-0.39, 0.29) is 12.5 Å². The Labute approximate surface area is 121 Å². The van der Waals surface area contributed by atoms with Gasteiger partial charge in [0.05, 0.1) is 18.2 Å². The predicted molar refractivity (Wildman–Crippen MR) is 79.4 cm³/mol. The zero-order valence-corrected chi connectivity index (χ0v) is 11.5. The number of benzene rings is 2. The number of carbonyl (C=O) groups excluding carboxylic acids is 1. The van der Waals surface area contributed by atoms with Gasteiger partial charge in [-0.25, -0.2) is 0 Å². The van der Waals surface area contributed by atoms with Crippen molar-refractivity contribution in [3.63, 3.8) is 0 Å². The maximum Gasteiger partial charge on any atom is 0.238 e. The average Bonchev–Trinajstić information content (AvgIpc) is 2.49. The zero-order valence-electron chi connectivity index (χ0n) is 10.7. The molecule has 0 fully saturated rings. The van der Waals surface area contributed by atoms with Crippen molar-refractivity contribution in [3.05, 3.63) is 54.1 Å². The molecule has 0 aromatic heterocycles. The van der Waals surface area contributed by atoms with Gasteiger partial charge >= 0.3 is 0 Å². The van der Waals surface area contributed by atoms with Crippen LogP contribution in [0.25, 0.3) is 0 Å². The Kier molecular flexibility index (Phi) is 4.77. The van der Waals surface area contributed by atoms with Crippen molar-refractivity contribution in [3.8, 4) is 6.07 Å². The molecule has 0 heterocycles. The topological polar surface area (TPSA) is 78.9 Å². The molecule has 0 saturated heterocycles. The van der Waals surface area contributed by atoms with Gasteiger partial charge < -0.3 is 11.1 Å². The summed E-state index contributed by atoms with van der Waals surface area (Å²) in [7, 11) is 0. The van der Waals surface area contributed by atoms with Crippen LogP contribution in [0, 0.1) is 11.3 Å². The summed E-state index contributed by atoms with van der Waals surface area (Å²) in [5, 5.41) is 11.5. The normalized spacial score (nSPS) is 9.80. The number of nitrogens with zero attached hydrogens (tertiary/aromatic N) is 1. The zero-order chi connectivity index (χ0) is 14.4. The van der Waals surface area contributed by atoms with E-state index in [1.165, 1.54) is 0 Å². The largest absolute Gasteiger partial charge is 0.325 e. The first-order valence-electron chi connectivity index (χ1n) is 5.99. The first-order valence-corrected chi connectivity index (χ1v) is 6.81. The highest BCUT2D eigenvalue weighted by Gasteiger charge is 2.01. The lowest BCUT2D eigenvalue weighted by atomic mass is 10.2. The van der Waals surface area contributed by atoms with E-state index < -0.39 is 0 Å². The SMILES string of the molecule is N#Cc1cccc(Sc2ccc(NC(=O)CN)cc2)c1. The van der Waals surface area contributed by atoms with Gasteiger partial charge in [0.1, 0.15) is 0 Å². The highest BCUT2D eigenvalue weighted by molar-refractivity contribution is 7.99. The van der Waals surface area contributed by atoms with Crippen LogP contribution in [0.5, 0.6) is 0 Å². The number of amides is 1. The number of nitriles is 1. The summed E-state index contributed by atoms with van der Waals surface area (Å²) in [6, 6.07) is 17.0. The Balaban J connectivity index is 2.07. The summed E-state index contributed by atoms with van der Waals surface area (Å²) in [4.78, 5) is 13.2. The van der Waals surface area contributed by atoms with Gasteiger partial charge in [-0.05, 0) is 42.5 Å². The third kappa shape index (κ3) is 3.85. The number of hydrogen-bond acceptors (Lipinski definition) is 4. The van der Waals surface area contributed by atoms with Gasteiger partial charge in [-0.15, -0.1) is 0 Å². The molecule has 0 spiro atoms. The average molecular weight is 283 g/mol. The van der Waals surface area contributed by atoms with Crippen LogP contribution in [0.2, 0.25) is 0 Å². The van der Waals surface area contributed by atoms with E-state index in [0.29, 0.717) is 5.56 Å². The molecule has 1 amide bonds. The fraction of sp³-hybridized carbons (Fsp3) is 0.0667. The monoisotopic (exact) mass is 283 g/mol. The summed E-state index contributed by atoms with van der Waals surface area (Å²) < 4.78 is 0. The van der Waals surface area contributed by atoms with Gasteiger partial charge in [-0.3, -0.25) is 4.79 Å². The molecule has 20 heavy (non-hydrogen) atoms. The molecule has 0 radical (unpaired) electrons. The molecule has 100 valence electrons. The molecular formula is C15H13N3OS. The Morgan fingerprint density at radius 1 is 1.20 bits per heavy atom. The first kappa shape index (κ1) is 14.1. The highest BCUT2D eigenvalue weighted by Crippen LogP contribution is 2.28. The summed E-state index contributed by atoms with van der Waals surface area (Å²) in [6.07, 6.45) is 0. The molecule has 0 unspecified atom stereocenters. The number of hydrogen-bond donors (Lipinski definition) is 2. The number of nitrogens with two attached hydrogens (primary N) is 1. The molecule has 0 atom stereocenters. The Hall–Kier alpha value is -2.29.